The zero-order valence-corrected chi connectivity index (χ0v) is 19.0. The molecule has 1 aliphatic rings. The summed E-state index contributed by atoms with van der Waals surface area (Å²) in [5.74, 6) is -1.21. The molecule has 2 aromatic carbocycles. The first kappa shape index (κ1) is 24.3. The fourth-order valence-corrected chi connectivity index (χ4v) is 4.16. The standard InChI is InChI=1S/C26H32N2O5/c1-18(25(30)31)28-24(29)15-5-3-2-4-10-16-27-26(32)33-17-23-21-13-8-6-11-19(21)20-12-7-9-14-22(20)23/h6-9,11-14,18,23H,2-5,10,15-17H2,1H3,(H,27,32)(H,28,29)(H,30,31)/t18-/m1/s1. The van der Waals surface area contributed by atoms with E-state index in [0.29, 0.717) is 19.6 Å². The Kier molecular flexibility index (Phi) is 8.87. The number of benzene rings is 2. The lowest BCUT2D eigenvalue weighted by Gasteiger charge is -2.14. The quantitative estimate of drug-likeness (QED) is 0.413. The number of carbonyl (C=O) groups excluding carboxylic acids is 2. The van der Waals surface area contributed by atoms with Crippen LogP contribution in [0.15, 0.2) is 48.5 Å². The van der Waals surface area contributed by atoms with Crippen molar-refractivity contribution >= 4 is 18.0 Å². The van der Waals surface area contributed by atoms with Gasteiger partial charge < -0.3 is 20.5 Å². The van der Waals surface area contributed by atoms with Gasteiger partial charge in [0.2, 0.25) is 5.91 Å². The second kappa shape index (κ2) is 12.0. The third-order valence-electron chi connectivity index (χ3n) is 5.94. The number of carboxylic acid groups (broad SMARTS) is 1. The van der Waals surface area contributed by atoms with Crippen molar-refractivity contribution in [3.05, 3.63) is 59.7 Å². The number of nitrogens with one attached hydrogen (secondary N) is 2. The molecule has 0 bridgehead atoms. The van der Waals surface area contributed by atoms with E-state index in [4.69, 9.17) is 9.84 Å². The van der Waals surface area contributed by atoms with Crippen molar-refractivity contribution in [3.63, 3.8) is 0 Å². The van der Waals surface area contributed by atoms with Gasteiger partial charge in [0, 0.05) is 18.9 Å². The fraction of sp³-hybridized carbons (Fsp3) is 0.423. The van der Waals surface area contributed by atoms with Gasteiger partial charge >= 0.3 is 12.1 Å². The Morgan fingerprint density at radius 2 is 1.48 bits per heavy atom. The third-order valence-corrected chi connectivity index (χ3v) is 5.94. The van der Waals surface area contributed by atoms with E-state index in [-0.39, 0.29) is 11.8 Å². The average Bonchev–Trinajstić information content (AvgIpc) is 3.13. The molecule has 3 rings (SSSR count). The summed E-state index contributed by atoms with van der Waals surface area (Å²) in [5.41, 5.74) is 4.79. The minimum atomic E-state index is -1.03. The van der Waals surface area contributed by atoms with Crippen LogP contribution in [-0.2, 0) is 14.3 Å². The van der Waals surface area contributed by atoms with Gasteiger partial charge in [-0.05, 0) is 42.0 Å². The molecule has 7 heteroatoms. The van der Waals surface area contributed by atoms with E-state index in [2.05, 4.69) is 34.9 Å². The molecule has 0 heterocycles. The fourth-order valence-electron chi connectivity index (χ4n) is 4.16. The highest BCUT2D eigenvalue weighted by Crippen LogP contribution is 2.44. The van der Waals surface area contributed by atoms with E-state index in [9.17, 15) is 14.4 Å². The van der Waals surface area contributed by atoms with Crippen LogP contribution in [0.1, 0.15) is 62.5 Å². The van der Waals surface area contributed by atoms with Crippen molar-refractivity contribution in [2.75, 3.05) is 13.2 Å². The molecule has 1 aliphatic carbocycles. The molecule has 0 unspecified atom stereocenters. The van der Waals surface area contributed by atoms with Crippen LogP contribution in [0.4, 0.5) is 4.79 Å². The second-order valence-electron chi connectivity index (χ2n) is 8.40. The maximum Gasteiger partial charge on any atom is 0.407 e. The molecule has 0 aliphatic heterocycles. The molecule has 2 amide bonds. The smallest absolute Gasteiger partial charge is 0.407 e. The largest absolute Gasteiger partial charge is 0.480 e. The first-order valence-electron chi connectivity index (χ1n) is 11.6. The lowest BCUT2D eigenvalue weighted by atomic mass is 9.98. The van der Waals surface area contributed by atoms with Crippen LogP contribution in [0.5, 0.6) is 0 Å². The lowest BCUT2D eigenvalue weighted by molar-refractivity contribution is -0.141. The maximum atomic E-state index is 12.2. The van der Waals surface area contributed by atoms with Crippen LogP contribution < -0.4 is 10.6 Å². The normalized spacial score (nSPS) is 13.0. The molecule has 3 N–H and O–H groups in total. The zero-order valence-electron chi connectivity index (χ0n) is 19.0. The molecular weight excluding hydrogens is 420 g/mol. The third kappa shape index (κ3) is 6.81. The van der Waals surface area contributed by atoms with Crippen molar-refractivity contribution in [2.24, 2.45) is 0 Å². The monoisotopic (exact) mass is 452 g/mol. The van der Waals surface area contributed by atoms with Gasteiger partial charge in [0.25, 0.3) is 0 Å². The van der Waals surface area contributed by atoms with Crippen molar-refractivity contribution < 1.29 is 24.2 Å². The number of hydrogen-bond acceptors (Lipinski definition) is 4. The Morgan fingerprint density at radius 1 is 0.909 bits per heavy atom. The van der Waals surface area contributed by atoms with Gasteiger partial charge in [-0.2, -0.15) is 0 Å². The number of unbranched alkanes of at least 4 members (excludes halogenated alkanes) is 4. The molecule has 176 valence electrons. The molecule has 0 fully saturated rings. The van der Waals surface area contributed by atoms with E-state index in [0.717, 1.165) is 32.1 Å². The van der Waals surface area contributed by atoms with Gasteiger partial charge in [0.1, 0.15) is 12.6 Å². The Bertz CT molecular complexity index is 929. The van der Waals surface area contributed by atoms with Crippen molar-refractivity contribution in [1.82, 2.24) is 10.6 Å². The average molecular weight is 453 g/mol. The van der Waals surface area contributed by atoms with Crippen molar-refractivity contribution in [1.29, 1.82) is 0 Å². The first-order valence-corrected chi connectivity index (χ1v) is 11.6. The molecule has 0 saturated carbocycles. The maximum absolute atomic E-state index is 12.2. The number of aliphatic carboxylic acids is 1. The summed E-state index contributed by atoms with van der Waals surface area (Å²) in [4.78, 5) is 34.5. The number of carboxylic acids is 1. The number of alkyl carbamates (subject to hydrolysis) is 1. The summed E-state index contributed by atoms with van der Waals surface area (Å²) in [6.45, 7) is 2.31. The molecule has 33 heavy (non-hydrogen) atoms. The molecular formula is C26H32N2O5. The topological polar surface area (TPSA) is 105 Å². The number of ether oxygens (including phenoxy) is 1. The van der Waals surface area contributed by atoms with Gasteiger partial charge in [0.15, 0.2) is 0 Å². The summed E-state index contributed by atoms with van der Waals surface area (Å²) in [7, 11) is 0. The van der Waals surface area contributed by atoms with Crippen LogP contribution in [0, 0.1) is 0 Å². The predicted octanol–water partition coefficient (Wildman–Crippen LogP) is 4.46. The van der Waals surface area contributed by atoms with Gasteiger partial charge in [-0.25, -0.2) is 4.79 Å². The first-order chi connectivity index (χ1) is 16.0. The van der Waals surface area contributed by atoms with Crippen molar-refractivity contribution in [2.45, 2.75) is 57.4 Å². The minimum absolute atomic E-state index is 0.0545. The molecule has 0 saturated heterocycles. The van der Waals surface area contributed by atoms with Gasteiger partial charge in [-0.1, -0.05) is 67.8 Å². The number of hydrogen-bond donors (Lipinski definition) is 3. The number of carbonyl (C=O) groups is 3. The van der Waals surface area contributed by atoms with Crippen molar-refractivity contribution in [3.8, 4) is 11.1 Å². The van der Waals surface area contributed by atoms with Crippen LogP contribution in [0.3, 0.4) is 0 Å². The van der Waals surface area contributed by atoms with Gasteiger partial charge in [-0.15, -0.1) is 0 Å². The highest BCUT2D eigenvalue weighted by molar-refractivity contribution is 5.83. The summed E-state index contributed by atoms with van der Waals surface area (Å²) in [6, 6.07) is 15.6. The van der Waals surface area contributed by atoms with E-state index in [1.807, 2.05) is 24.3 Å². The Morgan fingerprint density at radius 3 is 2.12 bits per heavy atom. The van der Waals surface area contributed by atoms with Crippen LogP contribution in [0.2, 0.25) is 0 Å². The van der Waals surface area contributed by atoms with E-state index >= 15 is 0 Å². The second-order valence-corrected chi connectivity index (χ2v) is 8.40. The minimum Gasteiger partial charge on any atom is -0.480 e. The highest BCUT2D eigenvalue weighted by atomic mass is 16.5. The molecule has 0 spiro atoms. The molecule has 0 radical (unpaired) electrons. The summed E-state index contributed by atoms with van der Waals surface area (Å²) in [6.07, 6.45) is 4.27. The van der Waals surface area contributed by atoms with Gasteiger partial charge in [-0.3, -0.25) is 9.59 Å². The Labute approximate surface area is 194 Å². The zero-order chi connectivity index (χ0) is 23.6. The number of fused-ring (bicyclic) bond motifs is 3. The number of amides is 2. The molecule has 2 aromatic rings. The van der Waals surface area contributed by atoms with Crippen LogP contribution in [-0.4, -0.2) is 42.3 Å². The summed E-state index contributed by atoms with van der Waals surface area (Å²) < 4.78 is 5.52. The molecule has 1 atom stereocenters. The van der Waals surface area contributed by atoms with E-state index < -0.39 is 18.1 Å². The van der Waals surface area contributed by atoms with E-state index in [1.165, 1.54) is 29.2 Å². The Hall–Kier alpha value is -3.35. The van der Waals surface area contributed by atoms with Crippen LogP contribution in [0.25, 0.3) is 11.1 Å². The predicted molar refractivity (Wildman–Crippen MR) is 126 cm³/mol. The summed E-state index contributed by atoms with van der Waals surface area (Å²) >= 11 is 0. The highest BCUT2D eigenvalue weighted by Gasteiger charge is 2.28. The molecule has 7 nitrogen and oxygen atoms in total. The SMILES string of the molecule is C[C@@H](NC(=O)CCCCCCCNC(=O)OCC1c2ccccc2-c2ccccc21)C(=O)O. The van der Waals surface area contributed by atoms with Crippen LogP contribution >= 0.6 is 0 Å². The van der Waals surface area contributed by atoms with E-state index in [1.54, 1.807) is 0 Å². The van der Waals surface area contributed by atoms with Gasteiger partial charge in [0.05, 0.1) is 0 Å². The summed E-state index contributed by atoms with van der Waals surface area (Å²) in [5, 5.41) is 14.0. The Balaban J connectivity index is 1.28. The molecule has 0 aromatic heterocycles. The lowest BCUT2D eigenvalue weighted by Crippen LogP contribution is -2.38. The number of rotatable bonds is 12.